The molecule has 0 aliphatic rings. The minimum absolute atomic E-state index is 0.341. The minimum Gasteiger partial charge on any atom is -0.463 e. The van der Waals surface area contributed by atoms with Gasteiger partial charge in [-0.05, 0) is 20.8 Å². The van der Waals surface area contributed by atoms with Crippen molar-refractivity contribution in [3.8, 4) is 0 Å². The Kier molecular flexibility index (Phi) is 7.58. The molecule has 0 N–H and O–H groups in total. The van der Waals surface area contributed by atoms with Gasteiger partial charge < -0.3 is 14.4 Å². The van der Waals surface area contributed by atoms with Gasteiger partial charge in [0.2, 0.25) is 6.26 Å². The Balaban J connectivity index is 3.64. The molecule has 4 heteroatoms. The van der Waals surface area contributed by atoms with E-state index in [1.165, 1.54) is 6.26 Å². The summed E-state index contributed by atoms with van der Waals surface area (Å²) in [4.78, 5) is 9.26. The van der Waals surface area contributed by atoms with Crippen molar-refractivity contribution in [2.24, 2.45) is 0 Å². The molecule has 0 bridgehead atoms. The number of rotatable bonds is 7. The predicted molar refractivity (Wildman–Crippen MR) is 44.0 cm³/mol. The molecule has 0 rings (SSSR count). The van der Waals surface area contributed by atoms with E-state index in [4.69, 9.17) is 9.47 Å². The average Bonchev–Trinajstić information content (AvgIpc) is 2.06. The van der Waals surface area contributed by atoms with E-state index in [9.17, 15) is 0 Å². The molecule has 72 valence electrons. The molecule has 0 fully saturated rings. The molecular weight excluding hydrogens is 160 g/mol. The molecule has 0 radical (unpaired) electrons. The van der Waals surface area contributed by atoms with Crippen LogP contribution in [0.4, 0.5) is 0 Å². The van der Waals surface area contributed by atoms with Crippen molar-refractivity contribution in [2.75, 3.05) is 19.8 Å². The van der Waals surface area contributed by atoms with Crippen LogP contribution in [-0.2, 0) is 19.2 Å². The first-order chi connectivity index (χ1) is 5.85. The van der Waals surface area contributed by atoms with E-state index < -0.39 is 0 Å². The quantitative estimate of drug-likeness (QED) is 0.256. The van der Waals surface area contributed by atoms with Crippen LogP contribution < -0.4 is 0 Å². The maximum absolute atomic E-state index is 5.06. The number of ether oxygens (including phenoxy) is 2. The van der Waals surface area contributed by atoms with Crippen LogP contribution in [0.3, 0.4) is 0 Å². The lowest BCUT2D eigenvalue weighted by molar-refractivity contribution is -0.249. The van der Waals surface area contributed by atoms with Gasteiger partial charge in [-0.25, -0.2) is 0 Å². The molecule has 4 nitrogen and oxygen atoms in total. The van der Waals surface area contributed by atoms with Crippen molar-refractivity contribution in [3.05, 3.63) is 12.2 Å². The third-order valence-corrected chi connectivity index (χ3v) is 0.903. The molecule has 0 spiro atoms. The highest BCUT2D eigenvalue weighted by molar-refractivity contribution is 4.73. The lowest BCUT2D eigenvalue weighted by atomic mass is 10.8. The van der Waals surface area contributed by atoms with E-state index in [1.807, 2.05) is 20.8 Å². The average molecular weight is 176 g/mol. The van der Waals surface area contributed by atoms with Crippen LogP contribution in [0, 0.1) is 0 Å². The first-order valence-corrected chi connectivity index (χ1v) is 4.09. The van der Waals surface area contributed by atoms with Gasteiger partial charge in [-0.1, -0.05) is 0 Å². The Bertz CT molecular complexity index is 114. The Morgan fingerprint density at radius 3 is 2.00 bits per heavy atom. The van der Waals surface area contributed by atoms with Gasteiger partial charge in [-0.15, -0.1) is 0 Å². The fourth-order valence-electron chi connectivity index (χ4n) is 0.536. The van der Waals surface area contributed by atoms with Crippen molar-refractivity contribution in [3.63, 3.8) is 0 Å². The smallest absolute Gasteiger partial charge is 0.319 e. The van der Waals surface area contributed by atoms with E-state index in [-0.39, 0.29) is 0 Å². The molecule has 12 heavy (non-hydrogen) atoms. The van der Waals surface area contributed by atoms with Crippen LogP contribution in [0.2, 0.25) is 0 Å². The number of hydrogen-bond donors (Lipinski definition) is 0. The summed E-state index contributed by atoms with van der Waals surface area (Å²) in [5.74, 6) is 0.341. The summed E-state index contributed by atoms with van der Waals surface area (Å²) >= 11 is 0. The van der Waals surface area contributed by atoms with Crippen LogP contribution in [0.1, 0.15) is 20.8 Å². The second-order valence-corrected chi connectivity index (χ2v) is 1.81. The summed E-state index contributed by atoms with van der Waals surface area (Å²) in [7, 11) is 0. The van der Waals surface area contributed by atoms with Gasteiger partial charge in [0.05, 0.1) is 19.8 Å². The number of hydrogen-bond acceptors (Lipinski definition) is 4. The molecule has 0 unspecified atom stereocenters. The lowest BCUT2D eigenvalue weighted by Gasteiger charge is -2.07. The topological polar surface area (TPSA) is 36.9 Å². The van der Waals surface area contributed by atoms with Crippen molar-refractivity contribution in [2.45, 2.75) is 20.8 Å². The monoisotopic (exact) mass is 176 g/mol. The molecule has 0 atom stereocenters. The van der Waals surface area contributed by atoms with Crippen LogP contribution in [0.15, 0.2) is 12.2 Å². The van der Waals surface area contributed by atoms with E-state index >= 15 is 0 Å². The van der Waals surface area contributed by atoms with Gasteiger partial charge in [0.1, 0.15) is 0 Å². The summed E-state index contributed by atoms with van der Waals surface area (Å²) in [6.07, 6.45) is 1.30. The summed E-state index contributed by atoms with van der Waals surface area (Å²) in [6.45, 7) is 7.14. The Morgan fingerprint density at radius 1 is 1.00 bits per heavy atom. The van der Waals surface area contributed by atoms with Crippen molar-refractivity contribution in [1.82, 2.24) is 0 Å². The van der Waals surface area contributed by atoms with Crippen molar-refractivity contribution >= 4 is 0 Å². The maximum atomic E-state index is 5.06. The molecule has 0 saturated carbocycles. The highest BCUT2D eigenvalue weighted by atomic mass is 17.2. The fourth-order valence-corrected chi connectivity index (χ4v) is 0.536. The summed E-state index contributed by atoms with van der Waals surface area (Å²) in [6, 6.07) is 0. The standard InChI is InChI=1S/C8H16O4/c1-4-9-8(10-5-2)7-12-11-6-3/h7H,4-6H2,1-3H3. The summed E-state index contributed by atoms with van der Waals surface area (Å²) < 4.78 is 10.1. The van der Waals surface area contributed by atoms with Crippen LogP contribution >= 0.6 is 0 Å². The Hall–Kier alpha value is -0.900. The van der Waals surface area contributed by atoms with Crippen LogP contribution in [0.25, 0.3) is 0 Å². The van der Waals surface area contributed by atoms with Crippen molar-refractivity contribution in [1.29, 1.82) is 0 Å². The largest absolute Gasteiger partial charge is 0.463 e. The molecule has 0 aromatic heterocycles. The zero-order chi connectivity index (χ0) is 9.23. The van der Waals surface area contributed by atoms with Gasteiger partial charge in [-0.2, -0.15) is 4.89 Å². The van der Waals surface area contributed by atoms with Crippen molar-refractivity contribution < 1.29 is 19.2 Å². The van der Waals surface area contributed by atoms with E-state index in [1.54, 1.807) is 0 Å². The summed E-state index contributed by atoms with van der Waals surface area (Å²) in [5, 5.41) is 0. The second kappa shape index (κ2) is 8.20. The molecule has 0 heterocycles. The normalized spacial score (nSPS) is 8.92. The fraction of sp³-hybridized carbons (Fsp3) is 0.750. The van der Waals surface area contributed by atoms with Gasteiger partial charge >= 0.3 is 5.95 Å². The summed E-state index contributed by atoms with van der Waals surface area (Å²) in [5.41, 5.74) is 0. The van der Waals surface area contributed by atoms with Gasteiger partial charge in [0.15, 0.2) is 0 Å². The van der Waals surface area contributed by atoms with Gasteiger partial charge in [-0.3, -0.25) is 0 Å². The van der Waals surface area contributed by atoms with E-state index in [0.29, 0.717) is 25.8 Å². The molecular formula is C8H16O4. The third kappa shape index (κ3) is 5.85. The minimum atomic E-state index is 0.341. The first-order valence-electron chi connectivity index (χ1n) is 4.09. The van der Waals surface area contributed by atoms with Crippen LogP contribution in [0.5, 0.6) is 0 Å². The Morgan fingerprint density at radius 2 is 1.58 bits per heavy atom. The zero-order valence-corrected chi connectivity index (χ0v) is 7.83. The van der Waals surface area contributed by atoms with Gasteiger partial charge in [0, 0.05) is 0 Å². The lowest BCUT2D eigenvalue weighted by Crippen LogP contribution is -1.99. The molecule has 0 amide bonds. The third-order valence-electron chi connectivity index (χ3n) is 0.903. The zero-order valence-electron chi connectivity index (χ0n) is 7.83. The predicted octanol–water partition coefficient (Wildman–Crippen LogP) is 1.83. The highest BCUT2D eigenvalue weighted by Gasteiger charge is 1.96. The van der Waals surface area contributed by atoms with Gasteiger partial charge in [0.25, 0.3) is 0 Å². The first kappa shape index (κ1) is 11.1. The van der Waals surface area contributed by atoms with Crippen LogP contribution in [-0.4, -0.2) is 19.8 Å². The maximum Gasteiger partial charge on any atom is 0.319 e. The molecule has 0 aliphatic heterocycles. The Labute approximate surface area is 73.0 Å². The molecule has 0 saturated heterocycles. The molecule has 0 aromatic rings. The SMILES string of the molecule is CCOOC=C(OCC)OCC. The van der Waals surface area contributed by atoms with E-state index in [2.05, 4.69) is 9.78 Å². The van der Waals surface area contributed by atoms with E-state index in [0.717, 1.165) is 0 Å². The molecule has 0 aromatic carbocycles. The highest BCUT2D eigenvalue weighted by Crippen LogP contribution is 1.99. The second-order valence-electron chi connectivity index (χ2n) is 1.81. The molecule has 0 aliphatic carbocycles.